The van der Waals surface area contributed by atoms with Gasteiger partial charge in [-0.2, -0.15) is 0 Å². The van der Waals surface area contributed by atoms with Gasteiger partial charge < -0.3 is 0 Å². The molecule has 2 heteroatoms. The summed E-state index contributed by atoms with van der Waals surface area (Å²) in [5.74, 6) is 0. The second-order valence-electron chi connectivity index (χ2n) is 2.88. The molecule has 0 amide bonds. The van der Waals surface area contributed by atoms with E-state index < -0.39 is 14.8 Å². The van der Waals surface area contributed by atoms with Crippen LogP contribution in [0.4, 0.5) is 3.50 Å². The van der Waals surface area contributed by atoms with Gasteiger partial charge >= 0.3 is 68.4 Å². The fourth-order valence-electron chi connectivity index (χ4n) is 0.996. The summed E-state index contributed by atoms with van der Waals surface area (Å²) in [6.45, 7) is 4.27. The van der Waals surface area contributed by atoms with E-state index in [0.717, 1.165) is 36.2 Å². The zero-order valence-corrected chi connectivity index (χ0v) is 9.62. The van der Waals surface area contributed by atoms with E-state index in [9.17, 15) is 3.50 Å². The molecule has 0 heterocycles. The minimum atomic E-state index is -2.16. The maximum absolute atomic E-state index is 13.0. The second-order valence-corrected chi connectivity index (χ2v) is 7.81. The van der Waals surface area contributed by atoms with Gasteiger partial charge in [0.15, 0.2) is 0 Å². The molecule has 0 aliphatic heterocycles. The minimum absolute atomic E-state index is 0.962. The quantitative estimate of drug-likeness (QED) is 0.586. The van der Waals surface area contributed by atoms with Gasteiger partial charge in [0.2, 0.25) is 0 Å². The third kappa shape index (κ3) is 6.59. The molecule has 0 nitrogen and oxygen atoms in total. The van der Waals surface area contributed by atoms with E-state index in [-0.39, 0.29) is 0 Å². The number of unbranched alkanes of at least 4 members (excludes halogenated alkanes) is 2. The Hall–Kier alpha value is 0.473. The summed E-state index contributed by atoms with van der Waals surface area (Å²) >= 11 is -2.16. The van der Waals surface area contributed by atoms with E-state index in [2.05, 4.69) is 13.8 Å². The average molecular weight is 207 g/mol. The monoisotopic (exact) mass is 208 g/mol. The Kier molecular flexibility index (Phi) is 7.94. The van der Waals surface area contributed by atoms with Gasteiger partial charge in [0.1, 0.15) is 0 Å². The summed E-state index contributed by atoms with van der Waals surface area (Å²) in [7, 11) is 0. The normalized spacial score (nSPS) is 10.8. The summed E-state index contributed by atoms with van der Waals surface area (Å²) < 4.78 is 13.0. The van der Waals surface area contributed by atoms with E-state index in [0.29, 0.717) is 0 Å². The fraction of sp³-hybridized carbons (Fsp3) is 1.00. The van der Waals surface area contributed by atoms with Crippen LogP contribution >= 0.6 is 0 Å². The zero-order valence-electron chi connectivity index (χ0n) is 7.20. The number of halogens is 1. The zero-order chi connectivity index (χ0) is 7.82. The molecular weight excluding hydrogens is 188 g/mol. The van der Waals surface area contributed by atoms with E-state index in [4.69, 9.17) is 0 Å². The molecule has 0 aliphatic rings. The average Bonchev–Trinajstić information content (AvgIpc) is 1.97. The summed E-state index contributed by atoms with van der Waals surface area (Å²) in [6, 6.07) is 0. The van der Waals surface area contributed by atoms with Crippen LogP contribution in [0.1, 0.15) is 39.5 Å². The van der Waals surface area contributed by atoms with E-state index >= 15 is 0 Å². The molecule has 0 saturated carbocycles. The topological polar surface area (TPSA) is 0 Å². The van der Waals surface area contributed by atoms with Crippen molar-refractivity contribution in [1.82, 2.24) is 0 Å². The van der Waals surface area contributed by atoms with Crippen LogP contribution in [0, 0.1) is 0 Å². The van der Waals surface area contributed by atoms with Crippen molar-refractivity contribution in [2.24, 2.45) is 0 Å². The Bertz CT molecular complexity index is 58.3. The van der Waals surface area contributed by atoms with E-state index in [1.165, 1.54) is 0 Å². The van der Waals surface area contributed by atoms with Crippen molar-refractivity contribution < 1.29 is 3.50 Å². The number of hydrogen-bond donors (Lipinski definition) is 0. The van der Waals surface area contributed by atoms with Gasteiger partial charge in [0.05, 0.1) is 0 Å². The van der Waals surface area contributed by atoms with Crippen LogP contribution in [0.5, 0.6) is 0 Å². The molecule has 0 aliphatic carbocycles. The molecular formula is C8H19FGe. The molecule has 0 saturated heterocycles. The first-order valence-corrected chi connectivity index (χ1v) is 8.79. The molecule has 0 rings (SSSR count). The Labute approximate surface area is 68.8 Å². The first kappa shape index (κ1) is 10.5. The molecule has 0 aromatic heterocycles. The van der Waals surface area contributed by atoms with Gasteiger partial charge in [0.25, 0.3) is 0 Å². The van der Waals surface area contributed by atoms with Crippen LogP contribution in [-0.2, 0) is 0 Å². The molecule has 0 spiro atoms. The number of rotatable bonds is 6. The predicted octanol–water partition coefficient (Wildman–Crippen LogP) is 3.28. The standard InChI is InChI=1S/C8H19FGe/c1-3-5-7-10(9)8-6-4-2/h10H,3-8H2,1-2H3. The molecule has 0 N–H and O–H groups in total. The molecule has 0 unspecified atom stereocenters. The summed E-state index contributed by atoms with van der Waals surface area (Å²) in [5, 5.41) is 1.92. The molecule has 0 aromatic carbocycles. The Morgan fingerprint density at radius 3 is 1.70 bits per heavy atom. The SMILES string of the molecule is CCC[CH2][GeH]([F])[CH2]CCC. The molecule has 0 radical (unpaired) electrons. The predicted molar refractivity (Wildman–Crippen MR) is 47.7 cm³/mol. The van der Waals surface area contributed by atoms with Crippen molar-refractivity contribution in [3.8, 4) is 0 Å². The van der Waals surface area contributed by atoms with Crippen LogP contribution in [0.25, 0.3) is 0 Å². The van der Waals surface area contributed by atoms with Crippen molar-refractivity contribution in [3.05, 3.63) is 0 Å². The third-order valence-electron chi connectivity index (χ3n) is 1.74. The number of hydrogen-bond acceptors (Lipinski definition) is 0. The molecule has 0 aromatic rings. The van der Waals surface area contributed by atoms with Crippen LogP contribution in [0.15, 0.2) is 0 Å². The molecule has 0 bridgehead atoms. The van der Waals surface area contributed by atoms with Gasteiger partial charge in [-0.15, -0.1) is 0 Å². The second kappa shape index (κ2) is 7.58. The van der Waals surface area contributed by atoms with Gasteiger partial charge in [-0.3, -0.25) is 0 Å². The van der Waals surface area contributed by atoms with Gasteiger partial charge in [-0.25, -0.2) is 0 Å². The van der Waals surface area contributed by atoms with Crippen molar-refractivity contribution in [2.75, 3.05) is 0 Å². The van der Waals surface area contributed by atoms with Crippen molar-refractivity contribution in [1.29, 1.82) is 0 Å². The van der Waals surface area contributed by atoms with Gasteiger partial charge in [0, 0.05) is 0 Å². The maximum atomic E-state index is 13.0. The van der Waals surface area contributed by atoms with Gasteiger partial charge in [-0.05, 0) is 0 Å². The molecule has 0 atom stereocenters. The van der Waals surface area contributed by atoms with Crippen LogP contribution in [0.3, 0.4) is 0 Å². The van der Waals surface area contributed by atoms with Crippen LogP contribution < -0.4 is 0 Å². The van der Waals surface area contributed by atoms with Crippen LogP contribution in [-0.4, -0.2) is 14.8 Å². The van der Waals surface area contributed by atoms with Crippen molar-refractivity contribution >= 4 is 14.8 Å². The Morgan fingerprint density at radius 1 is 1.00 bits per heavy atom. The first-order chi connectivity index (χ1) is 4.81. The Morgan fingerprint density at radius 2 is 1.40 bits per heavy atom. The molecule has 0 fully saturated rings. The molecule has 10 heavy (non-hydrogen) atoms. The summed E-state index contributed by atoms with van der Waals surface area (Å²) in [4.78, 5) is 0. The van der Waals surface area contributed by atoms with Crippen molar-refractivity contribution in [3.63, 3.8) is 0 Å². The van der Waals surface area contributed by atoms with Crippen molar-refractivity contribution in [2.45, 2.75) is 50.0 Å². The van der Waals surface area contributed by atoms with Gasteiger partial charge in [-0.1, -0.05) is 0 Å². The third-order valence-corrected chi connectivity index (χ3v) is 6.08. The van der Waals surface area contributed by atoms with E-state index in [1.807, 2.05) is 0 Å². The molecule has 62 valence electrons. The fourth-order valence-corrected chi connectivity index (χ4v) is 5.17. The van der Waals surface area contributed by atoms with Crippen LogP contribution in [0.2, 0.25) is 10.5 Å². The first-order valence-electron chi connectivity index (χ1n) is 4.45. The Balaban J connectivity index is 3.00. The summed E-state index contributed by atoms with van der Waals surface area (Å²) in [5.41, 5.74) is 0. The summed E-state index contributed by atoms with van der Waals surface area (Å²) in [6.07, 6.45) is 4.59. The van der Waals surface area contributed by atoms with E-state index in [1.54, 1.807) is 0 Å².